The largest absolute Gasteiger partial charge is 1.00 e. The summed E-state index contributed by atoms with van der Waals surface area (Å²) in [5.41, 5.74) is 0.921. The Morgan fingerprint density at radius 1 is 1.70 bits per heavy atom. The van der Waals surface area contributed by atoms with Gasteiger partial charge in [0.15, 0.2) is 0 Å². The summed E-state index contributed by atoms with van der Waals surface area (Å²) in [5, 5.41) is 0.646. The first kappa shape index (κ1) is 10.7. The normalized spacial score (nSPS) is 8.60. The fourth-order valence-electron chi connectivity index (χ4n) is 0.564. The zero-order chi connectivity index (χ0) is 6.85. The van der Waals surface area contributed by atoms with Gasteiger partial charge in [0.2, 0.25) is 0 Å². The van der Waals surface area contributed by atoms with Crippen LogP contribution in [0.2, 0.25) is 5.02 Å². The first-order valence-electron chi connectivity index (χ1n) is 2.55. The Balaban J connectivity index is 0. The molecule has 0 aliphatic carbocycles. The van der Waals surface area contributed by atoms with Crippen molar-refractivity contribution >= 4 is 23.8 Å². The van der Waals surface area contributed by atoms with E-state index in [1.54, 1.807) is 12.3 Å². The minimum Gasteiger partial charge on any atom is -1.00 e. The molecule has 1 rings (SSSR count). The third kappa shape index (κ3) is 2.36. The molecule has 0 bridgehead atoms. The van der Waals surface area contributed by atoms with E-state index in [2.05, 4.69) is 4.98 Å². The predicted octanol–water partition coefficient (Wildman–Crippen LogP) is -0.177. The van der Waals surface area contributed by atoms with Crippen molar-refractivity contribution in [2.75, 3.05) is 0 Å². The molecule has 4 heteroatoms. The molecule has 0 unspecified atom stereocenters. The molecule has 1 heterocycles. The van der Waals surface area contributed by atoms with Crippen LogP contribution in [-0.2, 0) is 0 Å². The Bertz CT molecular complexity index is 276. The van der Waals surface area contributed by atoms with E-state index in [1.807, 2.05) is 6.92 Å². The van der Waals surface area contributed by atoms with Crippen LogP contribution >= 0.6 is 23.8 Å². The second-order valence-corrected chi connectivity index (χ2v) is 2.60. The number of halogens is 1. The van der Waals surface area contributed by atoms with Gasteiger partial charge in [-0.2, -0.15) is 0 Å². The van der Waals surface area contributed by atoms with Crippen molar-refractivity contribution in [1.29, 1.82) is 0 Å². The number of aromatic nitrogens is 1. The number of nitrogens with one attached hydrogen (secondary N) is 1. The number of hydrogen-bond donors (Lipinski definition) is 1. The molecule has 50 valence electrons. The maximum Gasteiger partial charge on any atom is 1.00 e. The Morgan fingerprint density at radius 2 is 2.30 bits per heavy atom. The Labute approximate surface area is 93.6 Å². The van der Waals surface area contributed by atoms with Gasteiger partial charge in [0, 0.05) is 11.9 Å². The molecule has 1 aromatic heterocycles. The topological polar surface area (TPSA) is 15.8 Å². The standard InChI is InChI=1S/C6H6ClNS.Na.H/c1-4-6(7)5(9)2-3-8-4;;/h2-3H,1H3,(H,8,9);;/q;+1;-1. The first-order valence-corrected chi connectivity index (χ1v) is 3.34. The molecular weight excluding hydrogens is 177 g/mol. The number of pyridine rings is 1. The van der Waals surface area contributed by atoms with E-state index in [-0.39, 0.29) is 31.0 Å². The summed E-state index contributed by atoms with van der Waals surface area (Å²) in [6.07, 6.45) is 1.78. The van der Waals surface area contributed by atoms with Crippen molar-refractivity contribution in [3.05, 3.63) is 27.5 Å². The summed E-state index contributed by atoms with van der Waals surface area (Å²) in [6, 6.07) is 1.77. The Morgan fingerprint density at radius 3 is 2.70 bits per heavy atom. The van der Waals surface area contributed by atoms with Crippen LogP contribution < -0.4 is 29.6 Å². The molecule has 0 amide bonds. The van der Waals surface area contributed by atoms with E-state index in [0.717, 1.165) is 5.69 Å². The van der Waals surface area contributed by atoms with E-state index in [4.69, 9.17) is 23.8 Å². The fraction of sp³-hybridized carbons (Fsp3) is 0.167. The van der Waals surface area contributed by atoms with Crippen LogP contribution in [0.15, 0.2) is 12.3 Å². The Kier molecular flexibility index (Phi) is 4.82. The van der Waals surface area contributed by atoms with Crippen molar-refractivity contribution in [2.45, 2.75) is 6.92 Å². The molecule has 0 aliphatic heterocycles. The summed E-state index contributed by atoms with van der Waals surface area (Å²) in [4.78, 5) is 2.94. The number of aryl methyl sites for hydroxylation is 1. The van der Waals surface area contributed by atoms with Gasteiger partial charge in [0.25, 0.3) is 0 Å². The van der Waals surface area contributed by atoms with Gasteiger partial charge in [-0.3, -0.25) is 0 Å². The maximum absolute atomic E-state index is 5.74. The van der Waals surface area contributed by atoms with Gasteiger partial charge in [-0.05, 0) is 13.0 Å². The average Bonchev–Trinajstić information content (AvgIpc) is 1.83. The van der Waals surface area contributed by atoms with Crippen molar-refractivity contribution in [2.24, 2.45) is 0 Å². The van der Waals surface area contributed by atoms with Crippen LogP contribution in [0.3, 0.4) is 0 Å². The average molecular weight is 184 g/mol. The molecule has 0 aromatic carbocycles. The number of rotatable bonds is 0. The molecule has 0 fully saturated rings. The van der Waals surface area contributed by atoms with Crippen molar-refractivity contribution < 1.29 is 31.0 Å². The van der Waals surface area contributed by atoms with Crippen LogP contribution in [0.5, 0.6) is 0 Å². The second-order valence-electron chi connectivity index (χ2n) is 1.78. The van der Waals surface area contributed by atoms with E-state index in [0.29, 0.717) is 9.53 Å². The predicted molar refractivity (Wildman–Crippen MR) is 42.5 cm³/mol. The van der Waals surface area contributed by atoms with Crippen LogP contribution in [0.4, 0.5) is 0 Å². The van der Waals surface area contributed by atoms with Crippen molar-refractivity contribution in [3.63, 3.8) is 0 Å². The smallest absolute Gasteiger partial charge is 1.00 e. The van der Waals surface area contributed by atoms with Gasteiger partial charge in [0.1, 0.15) is 0 Å². The van der Waals surface area contributed by atoms with Crippen molar-refractivity contribution in [1.82, 2.24) is 4.98 Å². The molecule has 0 saturated heterocycles. The first-order chi connectivity index (χ1) is 4.22. The summed E-state index contributed by atoms with van der Waals surface area (Å²) >= 11 is 10.6. The number of H-pyrrole nitrogens is 1. The van der Waals surface area contributed by atoms with Crippen LogP contribution in [0, 0.1) is 11.4 Å². The van der Waals surface area contributed by atoms with Gasteiger partial charge in [0.05, 0.1) is 9.53 Å². The molecule has 1 N–H and O–H groups in total. The third-order valence-corrected chi connectivity index (χ3v) is 2.02. The molecule has 10 heavy (non-hydrogen) atoms. The minimum atomic E-state index is 0. The number of aromatic amines is 1. The van der Waals surface area contributed by atoms with Crippen LogP contribution in [-0.4, -0.2) is 4.98 Å². The van der Waals surface area contributed by atoms with Crippen molar-refractivity contribution in [3.8, 4) is 0 Å². The molecule has 1 nitrogen and oxygen atoms in total. The van der Waals surface area contributed by atoms with Gasteiger partial charge < -0.3 is 6.41 Å². The molecule has 0 radical (unpaired) electrons. The zero-order valence-electron chi connectivity index (χ0n) is 6.94. The SMILES string of the molecule is Cc1[nH]ccc(=S)c1Cl.[H-].[Na+]. The van der Waals surface area contributed by atoms with Gasteiger partial charge >= 0.3 is 29.6 Å². The summed E-state index contributed by atoms with van der Waals surface area (Å²) in [7, 11) is 0. The van der Waals surface area contributed by atoms with E-state index >= 15 is 0 Å². The van der Waals surface area contributed by atoms with Crippen LogP contribution in [0.25, 0.3) is 0 Å². The second kappa shape index (κ2) is 4.52. The Hall–Kier alpha value is 0.660. The molecular formula is C6H7ClNNaS. The number of hydrogen-bond acceptors (Lipinski definition) is 1. The van der Waals surface area contributed by atoms with E-state index in [1.165, 1.54) is 0 Å². The van der Waals surface area contributed by atoms with Crippen LogP contribution in [0.1, 0.15) is 7.12 Å². The molecule has 0 aliphatic rings. The van der Waals surface area contributed by atoms with E-state index in [9.17, 15) is 0 Å². The summed E-state index contributed by atoms with van der Waals surface area (Å²) in [5.74, 6) is 0. The summed E-state index contributed by atoms with van der Waals surface area (Å²) < 4.78 is 0.702. The molecule has 0 spiro atoms. The van der Waals surface area contributed by atoms with Gasteiger partial charge in [-0.1, -0.05) is 23.8 Å². The quantitative estimate of drug-likeness (QED) is 0.436. The summed E-state index contributed by atoms with van der Waals surface area (Å²) in [6.45, 7) is 1.89. The molecule has 1 aromatic rings. The zero-order valence-corrected chi connectivity index (χ0v) is 9.51. The fourth-order valence-corrected chi connectivity index (χ4v) is 0.902. The molecule has 0 saturated carbocycles. The van der Waals surface area contributed by atoms with Gasteiger partial charge in [-0.25, -0.2) is 0 Å². The molecule has 0 atom stereocenters. The minimum absolute atomic E-state index is 0. The third-order valence-electron chi connectivity index (χ3n) is 1.08. The van der Waals surface area contributed by atoms with E-state index < -0.39 is 0 Å². The van der Waals surface area contributed by atoms with Gasteiger partial charge in [-0.15, -0.1) is 0 Å². The maximum atomic E-state index is 5.74. The monoisotopic (exact) mass is 183 g/mol.